The monoisotopic (exact) mass is 220 g/mol. The standard InChI is InChI=1S/C13H20N2O/c1-15-8-4-6-12(10-15)11-5-3-7-13(9-11)14-16-2/h3,5,7,9,12,14H,4,6,8,10H2,1-2H3. The molecule has 1 aromatic carbocycles. The molecule has 1 aromatic rings. The second-order valence-electron chi connectivity index (χ2n) is 4.53. The molecular formula is C13H20N2O. The molecule has 1 atom stereocenters. The highest BCUT2D eigenvalue weighted by Gasteiger charge is 2.18. The predicted molar refractivity (Wildman–Crippen MR) is 66.5 cm³/mol. The van der Waals surface area contributed by atoms with Crippen molar-refractivity contribution in [3.8, 4) is 0 Å². The molecule has 0 amide bonds. The van der Waals surface area contributed by atoms with Crippen LogP contribution >= 0.6 is 0 Å². The smallest absolute Gasteiger partial charge is 0.0636 e. The van der Waals surface area contributed by atoms with Crippen LogP contribution in [0.3, 0.4) is 0 Å². The molecule has 0 bridgehead atoms. The molecule has 1 aliphatic heterocycles. The average Bonchev–Trinajstić information content (AvgIpc) is 2.30. The molecular weight excluding hydrogens is 200 g/mol. The maximum absolute atomic E-state index is 4.93. The van der Waals surface area contributed by atoms with Gasteiger partial charge in [0, 0.05) is 6.54 Å². The Balaban J connectivity index is 2.09. The lowest BCUT2D eigenvalue weighted by Crippen LogP contribution is -2.30. The molecule has 1 unspecified atom stereocenters. The zero-order chi connectivity index (χ0) is 11.4. The lowest BCUT2D eigenvalue weighted by atomic mass is 9.91. The molecule has 1 saturated heterocycles. The van der Waals surface area contributed by atoms with Crippen molar-refractivity contribution in [1.82, 2.24) is 4.90 Å². The van der Waals surface area contributed by atoms with E-state index in [-0.39, 0.29) is 0 Å². The third-order valence-electron chi connectivity index (χ3n) is 3.20. The first kappa shape index (κ1) is 11.4. The van der Waals surface area contributed by atoms with Gasteiger partial charge in [0.05, 0.1) is 12.8 Å². The van der Waals surface area contributed by atoms with Crippen LogP contribution in [0.5, 0.6) is 0 Å². The topological polar surface area (TPSA) is 24.5 Å². The number of nitrogens with one attached hydrogen (secondary N) is 1. The molecule has 0 radical (unpaired) electrons. The fourth-order valence-electron chi connectivity index (χ4n) is 2.41. The van der Waals surface area contributed by atoms with Crippen molar-refractivity contribution < 1.29 is 4.84 Å². The number of likely N-dealkylation sites (N-methyl/N-ethyl adjacent to an activating group) is 1. The average molecular weight is 220 g/mol. The molecule has 88 valence electrons. The molecule has 16 heavy (non-hydrogen) atoms. The number of benzene rings is 1. The zero-order valence-electron chi connectivity index (χ0n) is 10.1. The van der Waals surface area contributed by atoms with Crippen LogP contribution < -0.4 is 5.48 Å². The van der Waals surface area contributed by atoms with E-state index >= 15 is 0 Å². The summed E-state index contributed by atoms with van der Waals surface area (Å²) in [5, 5.41) is 0. The molecule has 0 aliphatic carbocycles. The Hall–Kier alpha value is -1.06. The number of piperidine rings is 1. The lowest BCUT2D eigenvalue weighted by Gasteiger charge is -2.30. The zero-order valence-corrected chi connectivity index (χ0v) is 10.1. The van der Waals surface area contributed by atoms with Crippen molar-refractivity contribution in [3.05, 3.63) is 29.8 Å². The van der Waals surface area contributed by atoms with E-state index in [1.807, 2.05) is 6.07 Å². The third kappa shape index (κ3) is 2.74. The van der Waals surface area contributed by atoms with Crippen LogP contribution in [-0.4, -0.2) is 32.1 Å². The van der Waals surface area contributed by atoms with Gasteiger partial charge in [0.1, 0.15) is 0 Å². The van der Waals surface area contributed by atoms with Gasteiger partial charge in [-0.05, 0) is 50.0 Å². The minimum atomic E-state index is 0.664. The highest BCUT2D eigenvalue weighted by molar-refractivity contribution is 5.45. The molecule has 1 aliphatic rings. The summed E-state index contributed by atoms with van der Waals surface area (Å²) in [6.45, 7) is 2.39. The number of hydrogen-bond acceptors (Lipinski definition) is 3. The molecule has 3 nitrogen and oxygen atoms in total. The SMILES string of the molecule is CONc1cccc(C2CCCN(C)C2)c1. The molecule has 1 heterocycles. The van der Waals surface area contributed by atoms with Crippen LogP contribution in [0.1, 0.15) is 24.3 Å². The van der Waals surface area contributed by atoms with Crippen LogP contribution in [0.25, 0.3) is 0 Å². The van der Waals surface area contributed by atoms with Gasteiger partial charge in [-0.25, -0.2) is 0 Å². The van der Waals surface area contributed by atoms with Crippen LogP contribution in [0, 0.1) is 0 Å². The first-order valence-electron chi connectivity index (χ1n) is 5.87. The van der Waals surface area contributed by atoms with Gasteiger partial charge in [0.15, 0.2) is 0 Å². The Bertz CT molecular complexity index is 340. The van der Waals surface area contributed by atoms with Crippen LogP contribution in [-0.2, 0) is 4.84 Å². The van der Waals surface area contributed by atoms with Gasteiger partial charge in [-0.3, -0.25) is 10.3 Å². The second kappa shape index (κ2) is 5.32. The summed E-state index contributed by atoms with van der Waals surface area (Å²) in [7, 11) is 3.84. The van der Waals surface area contributed by atoms with Gasteiger partial charge in [0.2, 0.25) is 0 Å². The van der Waals surface area contributed by atoms with E-state index in [4.69, 9.17) is 4.84 Å². The Morgan fingerprint density at radius 2 is 2.31 bits per heavy atom. The Morgan fingerprint density at radius 1 is 1.44 bits per heavy atom. The summed E-state index contributed by atoms with van der Waals surface area (Å²) in [6, 6.07) is 8.52. The van der Waals surface area contributed by atoms with Crippen molar-refractivity contribution in [1.29, 1.82) is 0 Å². The van der Waals surface area contributed by atoms with Gasteiger partial charge in [-0.1, -0.05) is 12.1 Å². The Kier molecular flexibility index (Phi) is 3.80. The third-order valence-corrected chi connectivity index (χ3v) is 3.20. The van der Waals surface area contributed by atoms with E-state index in [9.17, 15) is 0 Å². The summed E-state index contributed by atoms with van der Waals surface area (Å²) in [5.74, 6) is 0.664. The Labute approximate surface area is 97.4 Å². The molecule has 0 saturated carbocycles. The quantitative estimate of drug-likeness (QED) is 0.792. The van der Waals surface area contributed by atoms with Crippen molar-refractivity contribution in [2.75, 3.05) is 32.7 Å². The Morgan fingerprint density at radius 3 is 3.06 bits per heavy atom. The van der Waals surface area contributed by atoms with Crippen molar-refractivity contribution in [2.24, 2.45) is 0 Å². The number of nitrogens with zero attached hydrogens (tertiary/aromatic N) is 1. The van der Waals surface area contributed by atoms with E-state index in [0.717, 1.165) is 12.2 Å². The normalized spacial score (nSPS) is 22.0. The molecule has 2 rings (SSSR count). The van der Waals surface area contributed by atoms with Crippen LogP contribution in [0.15, 0.2) is 24.3 Å². The van der Waals surface area contributed by atoms with E-state index in [1.165, 1.54) is 24.9 Å². The minimum Gasteiger partial charge on any atom is -0.306 e. The van der Waals surface area contributed by atoms with E-state index in [1.54, 1.807) is 7.11 Å². The summed E-state index contributed by atoms with van der Waals surface area (Å²) < 4.78 is 0. The maximum Gasteiger partial charge on any atom is 0.0636 e. The fourth-order valence-corrected chi connectivity index (χ4v) is 2.41. The van der Waals surface area contributed by atoms with Crippen molar-refractivity contribution >= 4 is 5.69 Å². The van der Waals surface area contributed by atoms with Crippen LogP contribution in [0.2, 0.25) is 0 Å². The van der Waals surface area contributed by atoms with Gasteiger partial charge < -0.3 is 4.90 Å². The predicted octanol–water partition coefficient (Wildman–Crippen LogP) is 2.47. The molecule has 1 N–H and O–H groups in total. The highest BCUT2D eigenvalue weighted by atomic mass is 16.6. The summed E-state index contributed by atoms with van der Waals surface area (Å²) in [4.78, 5) is 7.34. The molecule has 3 heteroatoms. The fraction of sp³-hybridized carbons (Fsp3) is 0.538. The van der Waals surface area contributed by atoms with Crippen molar-refractivity contribution in [3.63, 3.8) is 0 Å². The minimum absolute atomic E-state index is 0.664. The van der Waals surface area contributed by atoms with Crippen molar-refractivity contribution in [2.45, 2.75) is 18.8 Å². The van der Waals surface area contributed by atoms with E-state index < -0.39 is 0 Å². The largest absolute Gasteiger partial charge is 0.306 e. The van der Waals surface area contributed by atoms with E-state index in [2.05, 4.69) is 35.6 Å². The first-order chi connectivity index (χ1) is 7.79. The number of rotatable bonds is 3. The van der Waals surface area contributed by atoms with Gasteiger partial charge in [0.25, 0.3) is 0 Å². The lowest BCUT2D eigenvalue weighted by molar-refractivity contribution is 0.250. The van der Waals surface area contributed by atoms with Crippen LogP contribution in [0.4, 0.5) is 5.69 Å². The summed E-state index contributed by atoms with van der Waals surface area (Å²) in [6.07, 6.45) is 2.59. The van der Waals surface area contributed by atoms with Gasteiger partial charge in [-0.2, -0.15) is 0 Å². The molecule has 0 spiro atoms. The maximum atomic E-state index is 4.93. The number of likely N-dealkylation sites (tertiary alicyclic amines) is 1. The summed E-state index contributed by atoms with van der Waals surface area (Å²) >= 11 is 0. The first-order valence-corrected chi connectivity index (χ1v) is 5.87. The highest BCUT2D eigenvalue weighted by Crippen LogP contribution is 2.27. The number of anilines is 1. The van der Waals surface area contributed by atoms with Gasteiger partial charge >= 0.3 is 0 Å². The molecule has 0 aromatic heterocycles. The van der Waals surface area contributed by atoms with E-state index in [0.29, 0.717) is 5.92 Å². The number of hydrogen-bond donors (Lipinski definition) is 1. The summed E-state index contributed by atoms with van der Waals surface area (Å²) in [5.41, 5.74) is 5.33. The second-order valence-corrected chi connectivity index (χ2v) is 4.53. The molecule has 1 fully saturated rings. The van der Waals surface area contributed by atoms with Gasteiger partial charge in [-0.15, -0.1) is 0 Å².